The first kappa shape index (κ1) is 51.1. The van der Waals surface area contributed by atoms with Gasteiger partial charge >= 0.3 is 0 Å². The molecule has 0 aliphatic carbocycles. The first-order valence-electron chi connectivity index (χ1n) is 20.2. The summed E-state index contributed by atoms with van der Waals surface area (Å²) in [5.74, 6) is -3.23. The van der Waals surface area contributed by atoms with E-state index in [9.17, 15) is 61.5 Å². The Kier molecular flexibility index (Phi) is 17.4. The molecule has 0 spiro atoms. The highest BCUT2D eigenvalue weighted by Gasteiger charge is 2.29. The zero-order valence-corrected chi connectivity index (χ0v) is 38.4. The van der Waals surface area contributed by atoms with E-state index in [-0.39, 0.29) is 62.8 Å². The summed E-state index contributed by atoms with van der Waals surface area (Å²) in [5, 5.41) is 5.66. The number of carbonyl (C=O) groups excluding carboxylic acids is 2. The average Bonchev–Trinajstić information content (AvgIpc) is 3.22. The van der Waals surface area contributed by atoms with Crippen LogP contribution in [0.25, 0.3) is 0 Å². The molecule has 0 radical (unpaired) electrons. The number of hydrogen-bond donors (Lipinski definition) is 6. The van der Waals surface area contributed by atoms with Crippen molar-refractivity contribution >= 4 is 52.3 Å². The first-order chi connectivity index (χ1) is 29.3. The van der Waals surface area contributed by atoms with Crippen molar-refractivity contribution in [2.24, 2.45) is 11.8 Å². The van der Waals surface area contributed by atoms with E-state index in [4.69, 9.17) is 0 Å². The summed E-state index contributed by atoms with van der Waals surface area (Å²) < 4.78 is 131. The predicted octanol–water partition coefficient (Wildman–Crippen LogP) is 6.95. The Morgan fingerprint density at radius 3 is 0.889 bits per heavy atom. The Bertz CT molecular complexity index is 2450. The molecule has 0 saturated heterocycles. The minimum atomic E-state index is -4.44. The molecule has 0 saturated carbocycles. The normalized spacial score (nSPS) is 15.4. The molecule has 6 atom stereocenters. The van der Waals surface area contributed by atoms with Gasteiger partial charge in [-0.1, -0.05) is 76.2 Å². The lowest BCUT2D eigenvalue weighted by Gasteiger charge is -2.27. The fourth-order valence-corrected chi connectivity index (χ4v) is 9.70. The lowest BCUT2D eigenvalue weighted by Crippen LogP contribution is -2.43. The molecular weight excluding hydrogens is 897 g/mol. The SMILES string of the molecule is CCC(CC(CC(C)c1ccc(S(=O)(=O)O)cc1)C(=O)NCNC(=O)C(CC(C)c1ccc(S(=O)(=O)O)cc1)CC(CC)c1ccc(S(=O)(=O)O)cc1)c1ccc(S(=O)(=O)O)cc1. The standard InChI is InChI=1S/C43H54N2O14S4/c1-5-30(34-11-19-40(20-12-34)62(54,55)56)25-36(23-28(3)32-7-15-38(16-8-32)60(48,49)50)42(46)44-27-45-43(47)37(24-29(4)33-9-17-39(18-10-33)61(51,52)53)26-31(6-2)35-13-21-41(22-14-35)63(57,58)59/h7-22,28-31,36-37H,5-6,23-27H2,1-4H3,(H,44,46)(H,45,47)(H,48,49,50)(H,51,52,53)(H,54,55,56)(H,57,58,59). The number of carbonyl (C=O) groups is 2. The van der Waals surface area contributed by atoms with Crippen molar-refractivity contribution in [2.45, 2.75) is 109 Å². The second-order valence-electron chi connectivity index (χ2n) is 15.8. The van der Waals surface area contributed by atoms with E-state index in [2.05, 4.69) is 10.6 Å². The number of benzene rings is 4. The lowest BCUT2D eigenvalue weighted by atomic mass is 9.81. The maximum atomic E-state index is 14.1. The van der Waals surface area contributed by atoms with Gasteiger partial charge in [-0.2, -0.15) is 33.7 Å². The van der Waals surface area contributed by atoms with Gasteiger partial charge in [-0.15, -0.1) is 0 Å². The number of hydrogen-bond acceptors (Lipinski definition) is 10. The summed E-state index contributed by atoms with van der Waals surface area (Å²) >= 11 is 0. The maximum Gasteiger partial charge on any atom is 0.294 e. The molecule has 344 valence electrons. The second kappa shape index (κ2) is 21.4. The van der Waals surface area contributed by atoms with Crippen molar-refractivity contribution in [3.05, 3.63) is 119 Å². The summed E-state index contributed by atoms with van der Waals surface area (Å²) in [6.45, 7) is 7.26. The summed E-state index contributed by atoms with van der Waals surface area (Å²) in [5.41, 5.74) is 2.84. The lowest BCUT2D eigenvalue weighted by molar-refractivity contribution is -0.127. The Balaban J connectivity index is 1.57. The highest BCUT2D eigenvalue weighted by molar-refractivity contribution is 7.86. The smallest absolute Gasteiger partial charge is 0.294 e. The van der Waals surface area contributed by atoms with Gasteiger partial charge in [-0.05, 0) is 133 Å². The quantitative estimate of drug-likeness (QED) is 0.0344. The van der Waals surface area contributed by atoms with Crippen LogP contribution in [0, 0.1) is 11.8 Å². The molecule has 4 aromatic rings. The van der Waals surface area contributed by atoms with Crippen LogP contribution in [-0.2, 0) is 50.1 Å². The van der Waals surface area contributed by atoms with Crippen LogP contribution in [0.4, 0.5) is 0 Å². The Hall–Kier alpha value is -4.54. The summed E-state index contributed by atoms with van der Waals surface area (Å²) in [6.07, 6.45) is 2.24. The number of amides is 2. The molecule has 16 nitrogen and oxygen atoms in total. The van der Waals surface area contributed by atoms with Crippen molar-refractivity contribution in [3.8, 4) is 0 Å². The monoisotopic (exact) mass is 950 g/mol. The molecule has 6 N–H and O–H groups in total. The van der Waals surface area contributed by atoms with Crippen molar-refractivity contribution in [1.29, 1.82) is 0 Å². The van der Waals surface area contributed by atoms with Crippen molar-refractivity contribution in [2.75, 3.05) is 6.67 Å². The van der Waals surface area contributed by atoms with E-state index in [0.29, 0.717) is 36.8 Å². The van der Waals surface area contributed by atoms with E-state index in [1.165, 1.54) is 48.5 Å². The van der Waals surface area contributed by atoms with Gasteiger partial charge in [0.15, 0.2) is 0 Å². The van der Waals surface area contributed by atoms with Gasteiger partial charge in [-0.25, -0.2) is 0 Å². The van der Waals surface area contributed by atoms with Gasteiger partial charge in [0.1, 0.15) is 0 Å². The van der Waals surface area contributed by atoms with Crippen molar-refractivity contribution < 1.29 is 61.5 Å². The van der Waals surface area contributed by atoms with Gasteiger partial charge in [0.05, 0.1) is 26.3 Å². The minimum absolute atomic E-state index is 0.241. The van der Waals surface area contributed by atoms with Crippen molar-refractivity contribution in [1.82, 2.24) is 10.6 Å². The van der Waals surface area contributed by atoms with Gasteiger partial charge in [0.25, 0.3) is 40.5 Å². The van der Waals surface area contributed by atoms with Gasteiger partial charge in [0.2, 0.25) is 11.8 Å². The van der Waals surface area contributed by atoms with Crippen molar-refractivity contribution in [3.63, 3.8) is 0 Å². The highest BCUT2D eigenvalue weighted by atomic mass is 32.2. The third-order valence-corrected chi connectivity index (χ3v) is 14.9. The largest absolute Gasteiger partial charge is 0.338 e. The predicted molar refractivity (Wildman–Crippen MR) is 235 cm³/mol. The zero-order valence-electron chi connectivity index (χ0n) is 35.2. The van der Waals surface area contributed by atoms with E-state index in [1.54, 1.807) is 48.5 Å². The average molecular weight is 951 g/mol. The minimum Gasteiger partial charge on any atom is -0.338 e. The van der Waals surface area contributed by atoms with Gasteiger partial charge < -0.3 is 10.6 Å². The fourth-order valence-electron chi connectivity index (χ4n) is 7.78. The molecule has 0 aliphatic heterocycles. The molecule has 20 heteroatoms. The molecule has 4 rings (SSSR count). The molecule has 0 fully saturated rings. The van der Waals surface area contributed by atoms with E-state index in [0.717, 1.165) is 11.1 Å². The molecule has 2 amide bonds. The molecule has 0 aromatic heterocycles. The highest BCUT2D eigenvalue weighted by Crippen LogP contribution is 2.35. The molecule has 0 heterocycles. The van der Waals surface area contributed by atoms with Gasteiger partial charge in [0, 0.05) is 11.8 Å². The summed E-state index contributed by atoms with van der Waals surface area (Å²) in [6, 6.07) is 22.6. The molecule has 4 aromatic carbocycles. The third-order valence-electron chi connectivity index (χ3n) is 11.5. The Labute approximate surface area is 369 Å². The van der Waals surface area contributed by atoms with E-state index >= 15 is 0 Å². The zero-order chi connectivity index (χ0) is 46.9. The molecule has 63 heavy (non-hydrogen) atoms. The van der Waals surface area contributed by atoms with Crippen LogP contribution >= 0.6 is 0 Å². The van der Waals surface area contributed by atoms with Crippen LogP contribution in [0.1, 0.15) is 112 Å². The van der Waals surface area contributed by atoms with E-state index < -0.39 is 64.1 Å². The van der Waals surface area contributed by atoms with Crippen LogP contribution < -0.4 is 10.6 Å². The fraction of sp³-hybridized carbons (Fsp3) is 0.395. The molecular formula is C43H54N2O14S4. The van der Waals surface area contributed by atoms with Gasteiger partial charge in [-0.3, -0.25) is 27.8 Å². The molecule has 0 bridgehead atoms. The van der Waals surface area contributed by atoms with Crippen LogP contribution in [-0.4, -0.2) is 70.4 Å². The second-order valence-corrected chi connectivity index (χ2v) is 21.5. The van der Waals surface area contributed by atoms with Crippen LogP contribution in [0.15, 0.2) is 117 Å². The third kappa shape index (κ3) is 14.8. The Morgan fingerprint density at radius 1 is 0.429 bits per heavy atom. The van der Waals surface area contributed by atoms with Crippen LogP contribution in [0.3, 0.4) is 0 Å². The summed E-state index contributed by atoms with van der Waals surface area (Å²) in [7, 11) is -17.7. The topological polar surface area (TPSA) is 276 Å². The molecule has 0 aliphatic rings. The maximum absolute atomic E-state index is 14.1. The Morgan fingerprint density at radius 2 is 0.667 bits per heavy atom. The summed E-state index contributed by atoms with van der Waals surface area (Å²) in [4.78, 5) is 27.0. The first-order valence-corrected chi connectivity index (χ1v) is 25.9. The molecule has 6 unspecified atom stereocenters. The van der Waals surface area contributed by atoms with Crippen LogP contribution in [0.2, 0.25) is 0 Å². The number of nitrogens with one attached hydrogen (secondary N) is 2. The van der Waals surface area contributed by atoms with E-state index in [1.807, 2.05) is 27.7 Å². The van der Waals surface area contributed by atoms with Crippen LogP contribution in [0.5, 0.6) is 0 Å². The number of rotatable bonds is 22.